The van der Waals surface area contributed by atoms with Crippen molar-refractivity contribution in [2.75, 3.05) is 7.11 Å². The van der Waals surface area contributed by atoms with Gasteiger partial charge in [-0.1, -0.05) is 25.5 Å². The van der Waals surface area contributed by atoms with E-state index in [9.17, 15) is 0 Å². The molecule has 1 heterocycles. The predicted octanol–water partition coefficient (Wildman–Crippen LogP) is 5.68. The molecule has 2 aromatic carbocycles. The number of furan rings is 1. The van der Waals surface area contributed by atoms with E-state index in [1.165, 1.54) is 27.6 Å². The van der Waals surface area contributed by atoms with Gasteiger partial charge in [-0.25, -0.2) is 0 Å². The number of hydrogen-bond donors (Lipinski definition) is 0. The van der Waals surface area contributed by atoms with Gasteiger partial charge in [0, 0.05) is 5.39 Å². The molecule has 0 N–H and O–H groups in total. The van der Waals surface area contributed by atoms with E-state index >= 15 is 0 Å². The van der Waals surface area contributed by atoms with E-state index in [0.717, 1.165) is 29.9 Å². The minimum atomic E-state index is 0.883. The van der Waals surface area contributed by atoms with Crippen LogP contribution >= 0.6 is 0 Å². The van der Waals surface area contributed by atoms with E-state index in [1.807, 2.05) is 19.1 Å². The zero-order valence-corrected chi connectivity index (χ0v) is 13.7. The Morgan fingerprint density at radius 3 is 2.36 bits per heavy atom. The minimum Gasteiger partial charge on any atom is -0.497 e. The SMILES string of the molecule is CCCc1cc(-c2ccc(OC)cc2)cc2c(C)c(C)oc12. The van der Waals surface area contributed by atoms with Crippen LogP contribution in [-0.2, 0) is 6.42 Å². The number of methoxy groups -OCH3 is 1. The van der Waals surface area contributed by atoms with Crippen molar-refractivity contribution in [3.8, 4) is 16.9 Å². The van der Waals surface area contributed by atoms with Gasteiger partial charge in [-0.05, 0) is 66.8 Å². The normalized spacial score (nSPS) is 11.1. The molecule has 22 heavy (non-hydrogen) atoms. The third-order valence-electron chi connectivity index (χ3n) is 4.30. The van der Waals surface area contributed by atoms with Gasteiger partial charge in [-0.2, -0.15) is 0 Å². The summed E-state index contributed by atoms with van der Waals surface area (Å²) in [5, 5.41) is 1.23. The monoisotopic (exact) mass is 294 g/mol. The van der Waals surface area contributed by atoms with Crippen molar-refractivity contribution in [2.45, 2.75) is 33.6 Å². The molecule has 0 spiro atoms. The van der Waals surface area contributed by atoms with Crippen molar-refractivity contribution in [3.05, 3.63) is 53.3 Å². The summed E-state index contributed by atoms with van der Waals surface area (Å²) in [5.41, 5.74) is 6.03. The van der Waals surface area contributed by atoms with Crippen molar-refractivity contribution in [2.24, 2.45) is 0 Å². The van der Waals surface area contributed by atoms with E-state index in [4.69, 9.17) is 9.15 Å². The minimum absolute atomic E-state index is 0.883. The van der Waals surface area contributed by atoms with Crippen LogP contribution in [-0.4, -0.2) is 7.11 Å². The molecule has 0 radical (unpaired) electrons. The Kier molecular flexibility index (Phi) is 3.93. The first kappa shape index (κ1) is 14.7. The molecule has 0 saturated heterocycles. The Bertz CT molecular complexity index is 795. The second kappa shape index (κ2) is 5.88. The number of rotatable bonds is 4. The first-order valence-electron chi connectivity index (χ1n) is 7.81. The largest absolute Gasteiger partial charge is 0.497 e. The topological polar surface area (TPSA) is 22.4 Å². The van der Waals surface area contributed by atoms with Gasteiger partial charge in [0.1, 0.15) is 17.1 Å². The maximum Gasteiger partial charge on any atom is 0.137 e. The molecule has 0 atom stereocenters. The zero-order chi connectivity index (χ0) is 15.7. The molecule has 0 aliphatic heterocycles. The fourth-order valence-corrected chi connectivity index (χ4v) is 2.91. The Labute approximate surface area is 131 Å². The summed E-state index contributed by atoms with van der Waals surface area (Å²) in [5.74, 6) is 1.90. The predicted molar refractivity (Wildman–Crippen MR) is 91.7 cm³/mol. The first-order valence-corrected chi connectivity index (χ1v) is 7.81. The van der Waals surface area contributed by atoms with Crippen LogP contribution in [0.5, 0.6) is 5.75 Å². The maximum atomic E-state index is 5.99. The Balaban J connectivity index is 2.18. The second-order valence-electron chi connectivity index (χ2n) is 5.77. The van der Waals surface area contributed by atoms with Crippen molar-refractivity contribution in [3.63, 3.8) is 0 Å². The zero-order valence-electron chi connectivity index (χ0n) is 13.7. The van der Waals surface area contributed by atoms with Gasteiger partial charge < -0.3 is 9.15 Å². The van der Waals surface area contributed by atoms with Gasteiger partial charge >= 0.3 is 0 Å². The molecular formula is C20H22O2. The van der Waals surface area contributed by atoms with E-state index in [-0.39, 0.29) is 0 Å². The molecule has 114 valence electrons. The highest BCUT2D eigenvalue weighted by Crippen LogP contribution is 2.34. The van der Waals surface area contributed by atoms with Crippen LogP contribution in [0.4, 0.5) is 0 Å². The summed E-state index contributed by atoms with van der Waals surface area (Å²) >= 11 is 0. The molecule has 0 unspecified atom stereocenters. The van der Waals surface area contributed by atoms with Crippen LogP contribution in [0.1, 0.15) is 30.2 Å². The lowest BCUT2D eigenvalue weighted by Gasteiger charge is -2.08. The number of fused-ring (bicyclic) bond motifs is 1. The Morgan fingerprint density at radius 2 is 1.73 bits per heavy atom. The van der Waals surface area contributed by atoms with Crippen molar-refractivity contribution in [1.29, 1.82) is 0 Å². The van der Waals surface area contributed by atoms with Gasteiger partial charge in [-0.15, -0.1) is 0 Å². The van der Waals surface area contributed by atoms with Gasteiger partial charge in [-0.3, -0.25) is 0 Å². The summed E-state index contributed by atoms with van der Waals surface area (Å²) in [6.07, 6.45) is 2.15. The quantitative estimate of drug-likeness (QED) is 0.618. The molecule has 0 saturated carbocycles. The van der Waals surface area contributed by atoms with Crippen LogP contribution in [0.15, 0.2) is 40.8 Å². The standard InChI is InChI=1S/C20H22O2/c1-5-6-16-11-17(15-7-9-18(21-4)10-8-15)12-19-13(2)14(3)22-20(16)19/h7-12H,5-6H2,1-4H3. The van der Waals surface area contributed by atoms with Crippen LogP contribution < -0.4 is 4.74 Å². The molecule has 0 fully saturated rings. The molecule has 2 heteroatoms. The molecule has 0 aliphatic carbocycles. The van der Waals surface area contributed by atoms with Gasteiger partial charge in [0.05, 0.1) is 7.11 Å². The molecular weight excluding hydrogens is 272 g/mol. The van der Waals surface area contributed by atoms with Crippen LogP contribution in [0.25, 0.3) is 22.1 Å². The smallest absolute Gasteiger partial charge is 0.137 e. The highest BCUT2D eigenvalue weighted by atomic mass is 16.5. The highest BCUT2D eigenvalue weighted by molar-refractivity contribution is 5.89. The number of hydrogen-bond acceptors (Lipinski definition) is 2. The highest BCUT2D eigenvalue weighted by Gasteiger charge is 2.13. The van der Waals surface area contributed by atoms with Gasteiger partial charge in [0.25, 0.3) is 0 Å². The maximum absolute atomic E-state index is 5.99. The van der Waals surface area contributed by atoms with E-state index in [2.05, 4.69) is 38.1 Å². The molecule has 0 amide bonds. The number of aryl methyl sites for hydroxylation is 3. The number of benzene rings is 2. The number of ether oxygens (including phenoxy) is 1. The summed E-state index contributed by atoms with van der Waals surface area (Å²) in [6.45, 7) is 6.38. The lowest BCUT2D eigenvalue weighted by atomic mass is 9.97. The molecule has 3 rings (SSSR count). The van der Waals surface area contributed by atoms with Crippen LogP contribution in [0.3, 0.4) is 0 Å². The summed E-state index contributed by atoms with van der Waals surface area (Å²) in [6, 6.07) is 12.7. The summed E-state index contributed by atoms with van der Waals surface area (Å²) in [7, 11) is 1.69. The third-order valence-corrected chi connectivity index (χ3v) is 4.30. The van der Waals surface area contributed by atoms with Crippen molar-refractivity contribution in [1.82, 2.24) is 0 Å². The van der Waals surface area contributed by atoms with Crippen molar-refractivity contribution < 1.29 is 9.15 Å². The molecule has 0 aliphatic rings. The molecule has 0 bridgehead atoms. The molecule has 3 aromatic rings. The average molecular weight is 294 g/mol. The Morgan fingerprint density at radius 1 is 1.00 bits per heavy atom. The van der Waals surface area contributed by atoms with Crippen LogP contribution in [0, 0.1) is 13.8 Å². The van der Waals surface area contributed by atoms with Crippen molar-refractivity contribution >= 4 is 11.0 Å². The summed E-state index contributed by atoms with van der Waals surface area (Å²) < 4.78 is 11.2. The summed E-state index contributed by atoms with van der Waals surface area (Å²) in [4.78, 5) is 0. The molecule has 1 aromatic heterocycles. The average Bonchev–Trinajstić information content (AvgIpc) is 2.83. The fourth-order valence-electron chi connectivity index (χ4n) is 2.91. The van der Waals surface area contributed by atoms with E-state index < -0.39 is 0 Å². The lowest BCUT2D eigenvalue weighted by molar-refractivity contribution is 0.415. The lowest BCUT2D eigenvalue weighted by Crippen LogP contribution is -1.88. The first-order chi connectivity index (χ1) is 10.6. The van der Waals surface area contributed by atoms with Gasteiger partial charge in [0.15, 0.2) is 0 Å². The van der Waals surface area contributed by atoms with Crippen LogP contribution in [0.2, 0.25) is 0 Å². The third kappa shape index (κ3) is 2.50. The van der Waals surface area contributed by atoms with Gasteiger partial charge in [0.2, 0.25) is 0 Å². The Hall–Kier alpha value is -2.22. The fraction of sp³-hybridized carbons (Fsp3) is 0.300. The van der Waals surface area contributed by atoms with E-state index in [1.54, 1.807) is 7.11 Å². The molecule has 2 nitrogen and oxygen atoms in total. The van der Waals surface area contributed by atoms with E-state index in [0.29, 0.717) is 0 Å². The second-order valence-corrected chi connectivity index (χ2v) is 5.77.